The molecule has 2 rings (SSSR count). The maximum atomic E-state index is 12.4. The van der Waals surface area contributed by atoms with E-state index in [0.717, 1.165) is 16.9 Å². The van der Waals surface area contributed by atoms with Gasteiger partial charge in [-0.15, -0.1) is 0 Å². The normalized spacial score (nSPS) is 12.7. The van der Waals surface area contributed by atoms with Crippen LogP contribution in [0.3, 0.4) is 0 Å². The van der Waals surface area contributed by atoms with Crippen molar-refractivity contribution in [3.8, 4) is 16.9 Å². The Hall–Kier alpha value is -1.91. The molecule has 0 atom stereocenters. The highest BCUT2D eigenvalue weighted by atomic mass is 28.4. The van der Waals surface area contributed by atoms with Crippen LogP contribution >= 0.6 is 0 Å². The summed E-state index contributed by atoms with van der Waals surface area (Å²) in [7, 11) is -1.98. The van der Waals surface area contributed by atoms with Crippen molar-refractivity contribution < 1.29 is 14.3 Å². The van der Waals surface area contributed by atoms with Gasteiger partial charge in [-0.05, 0) is 59.8 Å². The molecule has 29 heavy (non-hydrogen) atoms. The third-order valence-corrected chi connectivity index (χ3v) is 11.9. The molecule has 0 bridgehead atoms. The Morgan fingerprint density at radius 1 is 0.862 bits per heavy atom. The molecule has 0 fully saturated rings. The zero-order valence-corrected chi connectivity index (χ0v) is 20.1. The third kappa shape index (κ3) is 4.99. The van der Waals surface area contributed by atoms with Crippen molar-refractivity contribution in [1.29, 1.82) is 0 Å². The number of hydrogen-bond donors (Lipinski definition) is 1. The van der Waals surface area contributed by atoms with Gasteiger partial charge in [0, 0.05) is 5.56 Å². The molecule has 0 aliphatic carbocycles. The summed E-state index contributed by atoms with van der Waals surface area (Å²) in [5, 5.41) is 10.0. The second kappa shape index (κ2) is 8.84. The van der Waals surface area contributed by atoms with Gasteiger partial charge in [0.2, 0.25) is 0 Å². The van der Waals surface area contributed by atoms with Gasteiger partial charge < -0.3 is 9.53 Å². The van der Waals surface area contributed by atoms with E-state index in [4.69, 9.17) is 4.43 Å². The second-order valence-electron chi connectivity index (χ2n) is 9.41. The highest BCUT2D eigenvalue weighted by Crippen LogP contribution is 2.42. The molecule has 0 spiro atoms. The lowest BCUT2D eigenvalue weighted by Crippen LogP contribution is -2.50. The van der Waals surface area contributed by atoms with Crippen molar-refractivity contribution in [2.75, 3.05) is 0 Å². The minimum Gasteiger partial charge on any atom is -0.543 e. The van der Waals surface area contributed by atoms with Gasteiger partial charge in [0.1, 0.15) is 11.4 Å². The summed E-state index contributed by atoms with van der Waals surface area (Å²) in [5.74, 6) is 0.640. The molecule has 0 aromatic heterocycles. The Morgan fingerprint density at radius 3 is 1.83 bits per heavy atom. The monoisotopic (exact) mass is 412 g/mol. The number of aliphatic hydroxyl groups is 1. The Balaban J connectivity index is 2.32. The predicted molar refractivity (Wildman–Crippen MR) is 124 cm³/mol. The van der Waals surface area contributed by atoms with Crippen LogP contribution in [0, 0.1) is 0 Å². The molecule has 0 aliphatic heterocycles. The van der Waals surface area contributed by atoms with Crippen LogP contribution in [0.2, 0.25) is 16.6 Å². The minimum absolute atomic E-state index is 0.277. The first-order chi connectivity index (χ1) is 13.4. The van der Waals surface area contributed by atoms with Crippen LogP contribution in [0.15, 0.2) is 48.5 Å². The first kappa shape index (κ1) is 23.4. The number of hydrogen-bond acceptors (Lipinski definition) is 3. The SMILES string of the molecule is CC(C)[Si](Oc1ccc(-c2cccc(C(=O)C(C)(C)O)c2)cc1)(C(C)C)C(C)C. The zero-order chi connectivity index (χ0) is 22.0. The molecular formula is C25H36O3Si. The lowest BCUT2D eigenvalue weighted by Gasteiger charge is -2.42. The molecule has 2 aromatic carbocycles. The van der Waals surface area contributed by atoms with E-state index >= 15 is 0 Å². The Morgan fingerprint density at radius 2 is 1.38 bits per heavy atom. The van der Waals surface area contributed by atoms with Gasteiger partial charge in [-0.3, -0.25) is 4.79 Å². The summed E-state index contributed by atoms with van der Waals surface area (Å²) in [4.78, 5) is 12.4. The maximum absolute atomic E-state index is 12.4. The van der Waals surface area contributed by atoms with Crippen molar-refractivity contribution in [3.05, 3.63) is 54.1 Å². The molecule has 3 nitrogen and oxygen atoms in total. The Labute approximate surface area is 177 Å². The number of carbonyl (C=O) groups is 1. The molecule has 0 aliphatic rings. The fourth-order valence-corrected chi connectivity index (χ4v) is 9.72. The number of carbonyl (C=O) groups excluding carboxylic acids is 1. The summed E-state index contributed by atoms with van der Waals surface area (Å²) in [6.07, 6.45) is 0. The molecule has 0 radical (unpaired) electrons. The van der Waals surface area contributed by atoms with Crippen molar-refractivity contribution in [2.24, 2.45) is 0 Å². The van der Waals surface area contributed by atoms with Crippen molar-refractivity contribution in [1.82, 2.24) is 0 Å². The highest BCUT2D eigenvalue weighted by Gasteiger charge is 2.46. The molecular weight excluding hydrogens is 376 g/mol. The molecule has 158 valence electrons. The van der Waals surface area contributed by atoms with Crippen molar-refractivity contribution in [2.45, 2.75) is 77.6 Å². The van der Waals surface area contributed by atoms with E-state index in [2.05, 4.69) is 41.5 Å². The van der Waals surface area contributed by atoms with Crippen LogP contribution in [-0.2, 0) is 0 Å². The number of ketones is 1. The summed E-state index contributed by atoms with van der Waals surface area (Å²) in [6, 6.07) is 15.6. The van der Waals surface area contributed by atoms with Crippen molar-refractivity contribution >= 4 is 14.1 Å². The average Bonchev–Trinajstić information content (AvgIpc) is 2.64. The fraction of sp³-hybridized carbons (Fsp3) is 0.480. The van der Waals surface area contributed by atoms with Crippen molar-refractivity contribution in [3.63, 3.8) is 0 Å². The number of Topliss-reactive ketones (excluding diaryl/α,β-unsaturated/α-hetero) is 1. The lowest BCUT2D eigenvalue weighted by molar-refractivity contribution is 0.0488. The molecule has 0 amide bonds. The largest absolute Gasteiger partial charge is 0.543 e. The average molecular weight is 413 g/mol. The number of rotatable bonds is 8. The lowest BCUT2D eigenvalue weighted by atomic mass is 9.94. The summed E-state index contributed by atoms with van der Waals surface area (Å²) in [5.41, 5.74) is 2.67. The smallest absolute Gasteiger partial charge is 0.258 e. The van der Waals surface area contributed by atoms with Gasteiger partial charge in [0.05, 0.1) is 0 Å². The molecule has 1 N–H and O–H groups in total. The zero-order valence-electron chi connectivity index (χ0n) is 19.1. The summed E-state index contributed by atoms with van der Waals surface area (Å²) in [6.45, 7) is 16.7. The molecule has 0 saturated carbocycles. The molecule has 0 unspecified atom stereocenters. The van der Waals surface area contributed by atoms with Gasteiger partial charge in [-0.1, -0.05) is 71.9 Å². The van der Waals surface area contributed by atoms with Gasteiger partial charge in [0.15, 0.2) is 5.78 Å². The molecule has 4 heteroatoms. The van der Waals surface area contributed by atoms with Crippen LogP contribution in [0.1, 0.15) is 65.7 Å². The van der Waals surface area contributed by atoms with Crippen LogP contribution < -0.4 is 4.43 Å². The van der Waals surface area contributed by atoms with Crippen LogP contribution in [0.4, 0.5) is 0 Å². The van der Waals surface area contributed by atoms with E-state index in [9.17, 15) is 9.90 Å². The molecule has 0 heterocycles. The van der Waals surface area contributed by atoms with Gasteiger partial charge >= 0.3 is 0 Å². The van der Waals surface area contributed by atoms with E-state index in [1.807, 2.05) is 42.5 Å². The van der Waals surface area contributed by atoms with Gasteiger partial charge in [-0.2, -0.15) is 0 Å². The van der Waals surface area contributed by atoms with Gasteiger partial charge in [0.25, 0.3) is 8.32 Å². The maximum Gasteiger partial charge on any atom is 0.258 e. The molecule has 0 saturated heterocycles. The first-order valence-corrected chi connectivity index (χ1v) is 12.7. The van der Waals surface area contributed by atoms with Gasteiger partial charge in [-0.25, -0.2) is 0 Å². The Bertz CT molecular complexity index is 808. The van der Waals surface area contributed by atoms with E-state index in [0.29, 0.717) is 22.2 Å². The topological polar surface area (TPSA) is 46.5 Å². The van der Waals surface area contributed by atoms with E-state index in [1.165, 1.54) is 13.8 Å². The predicted octanol–water partition coefficient (Wildman–Crippen LogP) is 6.86. The highest BCUT2D eigenvalue weighted by molar-refractivity contribution is 6.78. The second-order valence-corrected chi connectivity index (χ2v) is 14.8. The summed E-state index contributed by atoms with van der Waals surface area (Å²) >= 11 is 0. The fourth-order valence-electron chi connectivity index (χ4n) is 4.47. The summed E-state index contributed by atoms with van der Waals surface area (Å²) < 4.78 is 6.74. The molecule has 2 aromatic rings. The van der Waals surface area contributed by atoms with Crippen LogP contribution in [0.5, 0.6) is 5.75 Å². The standard InChI is InChI=1S/C25H36O3Si/c1-17(2)29(18(3)4,19(5)6)28-23-14-12-20(13-15-23)21-10-9-11-22(16-21)24(26)25(7,8)27/h9-19,27H,1-8H3. The quantitative estimate of drug-likeness (QED) is 0.380. The van der Waals surface area contributed by atoms with E-state index < -0.39 is 13.9 Å². The first-order valence-electron chi connectivity index (χ1n) is 10.6. The number of benzene rings is 2. The van der Waals surface area contributed by atoms with E-state index in [1.54, 1.807) is 6.07 Å². The third-order valence-electron chi connectivity index (χ3n) is 5.87. The van der Waals surface area contributed by atoms with E-state index in [-0.39, 0.29) is 5.78 Å². The van der Waals surface area contributed by atoms with Crippen LogP contribution in [0.25, 0.3) is 11.1 Å². The Kier molecular flexibility index (Phi) is 7.13. The minimum atomic E-state index is -1.98. The van der Waals surface area contributed by atoms with Crippen LogP contribution in [-0.4, -0.2) is 24.8 Å².